The molecule has 0 fully saturated rings. The summed E-state index contributed by atoms with van der Waals surface area (Å²) in [5, 5.41) is 9.54. The SMILES string of the molecule is Cc1nc2c3c(c(C(=O)O)cc2[nH]1)CC[C@@H](c1ccccc1C)O3. The molecule has 0 unspecified atom stereocenters. The topological polar surface area (TPSA) is 75.2 Å². The third kappa shape index (κ3) is 2.24. The summed E-state index contributed by atoms with van der Waals surface area (Å²) >= 11 is 0. The zero-order valence-corrected chi connectivity index (χ0v) is 13.6. The molecule has 1 atom stereocenters. The van der Waals surface area contributed by atoms with Gasteiger partial charge in [0.2, 0.25) is 0 Å². The molecule has 0 spiro atoms. The first-order valence-corrected chi connectivity index (χ1v) is 8.02. The molecule has 2 heterocycles. The third-order valence-corrected chi connectivity index (χ3v) is 4.64. The van der Waals surface area contributed by atoms with Crippen LogP contribution in [0.2, 0.25) is 0 Å². The fraction of sp³-hybridized carbons (Fsp3) is 0.263. The number of carbonyl (C=O) groups is 1. The van der Waals surface area contributed by atoms with Gasteiger partial charge in [0.05, 0.1) is 11.1 Å². The number of hydrogen-bond acceptors (Lipinski definition) is 3. The fourth-order valence-electron chi connectivity index (χ4n) is 3.49. The first-order valence-electron chi connectivity index (χ1n) is 8.02. The molecule has 0 saturated carbocycles. The van der Waals surface area contributed by atoms with Crippen LogP contribution in [-0.4, -0.2) is 21.0 Å². The average molecular weight is 322 g/mol. The Morgan fingerprint density at radius 1 is 1.33 bits per heavy atom. The number of rotatable bonds is 2. The number of carboxylic acids is 1. The van der Waals surface area contributed by atoms with E-state index in [9.17, 15) is 9.90 Å². The molecule has 1 aliphatic rings. The Morgan fingerprint density at radius 3 is 2.88 bits per heavy atom. The maximum atomic E-state index is 11.6. The van der Waals surface area contributed by atoms with Crippen molar-refractivity contribution < 1.29 is 14.6 Å². The molecule has 5 nitrogen and oxygen atoms in total. The van der Waals surface area contributed by atoms with Crippen LogP contribution in [0.5, 0.6) is 5.75 Å². The Hall–Kier alpha value is -2.82. The van der Waals surface area contributed by atoms with E-state index >= 15 is 0 Å². The Balaban J connectivity index is 1.88. The monoisotopic (exact) mass is 322 g/mol. The molecular formula is C19H18N2O3. The van der Waals surface area contributed by atoms with Crippen molar-refractivity contribution in [1.82, 2.24) is 9.97 Å². The maximum absolute atomic E-state index is 11.6. The molecule has 1 aromatic heterocycles. The van der Waals surface area contributed by atoms with Crippen molar-refractivity contribution in [3.8, 4) is 5.75 Å². The van der Waals surface area contributed by atoms with E-state index in [0.29, 0.717) is 28.8 Å². The Morgan fingerprint density at radius 2 is 2.12 bits per heavy atom. The van der Waals surface area contributed by atoms with E-state index in [1.54, 1.807) is 6.07 Å². The standard InChI is InChI=1S/C19H18N2O3/c1-10-5-3-4-6-12(10)16-8-7-13-14(19(22)23)9-15-17(18(13)24-16)21-11(2)20-15/h3-6,9,16H,7-8H2,1-2H3,(H,20,21)(H,22,23)/t16-/m0/s1. The normalized spacial score (nSPS) is 16.7. The zero-order valence-electron chi connectivity index (χ0n) is 13.6. The van der Waals surface area contributed by atoms with Crippen molar-refractivity contribution in [3.63, 3.8) is 0 Å². The largest absolute Gasteiger partial charge is 0.483 e. The Kier molecular flexibility index (Phi) is 3.30. The lowest BCUT2D eigenvalue weighted by Crippen LogP contribution is -2.19. The average Bonchev–Trinajstić information content (AvgIpc) is 2.94. The summed E-state index contributed by atoms with van der Waals surface area (Å²) in [4.78, 5) is 19.3. The van der Waals surface area contributed by atoms with Gasteiger partial charge < -0.3 is 14.8 Å². The fourth-order valence-corrected chi connectivity index (χ4v) is 3.49. The van der Waals surface area contributed by atoms with Gasteiger partial charge >= 0.3 is 5.97 Å². The highest BCUT2D eigenvalue weighted by Gasteiger charge is 2.29. The van der Waals surface area contributed by atoms with Gasteiger partial charge in [-0.25, -0.2) is 9.78 Å². The number of carboxylic acid groups (broad SMARTS) is 1. The van der Waals surface area contributed by atoms with Crippen LogP contribution < -0.4 is 4.74 Å². The van der Waals surface area contributed by atoms with Crippen molar-refractivity contribution in [2.45, 2.75) is 32.8 Å². The third-order valence-electron chi connectivity index (χ3n) is 4.64. The van der Waals surface area contributed by atoms with Crippen molar-refractivity contribution >= 4 is 17.0 Å². The second-order valence-electron chi connectivity index (χ2n) is 6.26. The number of aromatic amines is 1. The predicted molar refractivity (Wildman–Crippen MR) is 90.7 cm³/mol. The number of H-pyrrole nitrogens is 1. The molecule has 0 radical (unpaired) electrons. The smallest absolute Gasteiger partial charge is 0.336 e. The lowest BCUT2D eigenvalue weighted by molar-refractivity contribution is 0.0693. The molecule has 2 N–H and O–H groups in total. The molecule has 0 aliphatic carbocycles. The number of hydrogen-bond donors (Lipinski definition) is 2. The molecule has 1 aliphatic heterocycles. The minimum Gasteiger partial charge on any atom is -0.483 e. The summed E-state index contributed by atoms with van der Waals surface area (Å²) in [7, 11) is 0. The summed E-state index contributed by atoms with van der Waals surface area (Å²) in [6.45, 7) is 3.92. The van der Waals surface area contributed by atoms with Gasteiger partial charge in [-0.1, -0.05) is 24.3 Å². The second-order valence-corrected chi connectivity index (χ2v) is 6.26. The van der Waals surface area contributed by atoms with Gasteiger partial charge in [-0.05, 0) is 43.9 Å². The van der Waals surface area contributed by atoms with Crippen LogP contribution in [0.25, 0.3) is 11.0 Å². The van der Waals surface area contributed by atoms with Gasteiger partial charge in [0.1, 0.15) is 17.4 Å². The van der Waals surface area contributed by atoms with Crippen molar-refractivity contribution in [2.75, 3.05) is 0 Å². The Labute approximate surface area is 139 Å². The van der Waals surface area contributed by atoms with E-state index in [-0.39, 0.29) is 6.10 Å². The number of aromatic carboxylic acids is 1. The van der Waals surface area contributed by atoms with Gasteiger partial charge in [0, 0.05) is 5.56 Å². The second kappa shape index (κ2) is 5.37. The molecular weight excluding hydrogens is 304 g/mol. The van der Waals surface area contributed by atoms with E-state index in [0.717, 1.165) is 23.4 Å². The molecule has 0 saturated heterocycles. The number of imidazole rings is 1. The Bertz CT molecular complexity index is 959. The van der Waals surface area contributed by atoms with Crippen LogP contribution in [0, 0.1) is 13.8 Å². The highest BCUT2D eigenvalue weighted by atomic mass is 16.5. The number of fused-ring (bicyclic) bond motifs is 3. The first kappa shape index (κ1) is 14.8. The van der Waals surface area contributed by atoms with E-state index in [2.05, 4.69) is 29.0 Å². The van der Waals surface area contributed by atoms with E-state index in [1.165, 1.54) is 5.56 Å². The molecule has 0 bridgehead atoms. The van der Waals surface area contributed by atoms with Crippen LogP contribution >= 0.6 is 0 Å². The quantitative estimate of drug-likeness (QED) is 0.749. The van der Waals surface area contributed by atoms with Crippen molar-refractivity contribution in [2.24, 2.45) is 0 Å². The number of benzene rings is 2. The molecule has 4 rings (SSSR count). The minimum absolute atomic E-state index is 0.0806. The van der Waals surface area contributed by atoms with Gasteiger partial charge in [-0.15, -0.1) is 0 Å². The highest BCUT2D eigenvalue weighted by Crippen LogP contribution is 2.41. The van der Waals surface area contributed by atoms with Gasteiger partial charge in [-0.3, -0.25) is 0 Å². The minimum atomic E-state index is -0.932. The number of nitrogens with zero attached hydrogens (tertiary/aromatic N) is 1. The lowest BCUT2D eigenvalue weighted by atomic mass is 9.92. The van der Waals surface area contributed by atoms with Crippen LogP contribution in [-0.2, 0) is 6.42 Å². The summed E-state index contributed by atoms with van der Waals surface area (Å²) in [6, 6.07) is 9.81. The molecule has 122 valence electrons. The number of aromatic nitrogens is 2. The predicted octanol–water partition coefficient (Wildman–Crippen LogP) is 3.94. The molecule has 5 heteroatoms. The number of ether oxygens (including phenoxy) is 1. The number of aryl methyl sites for hydroxylation is 2. The van der Waals surface area contributed by atoms with Crippen LogP contribution in [0.15, 0.2) is 30.3 Å². The zero-order chi connectivity index (χ0) is 16.8. The van der Waals surface area contributed by atoms with Crippen LogP contribution in [0.1, 0.15) is 45.4 Å². The summed E-state index contributed by atoms with van der Waals surface area (Å²) in [6.07, 6.45) is 1.34. The lowest BCUT2D eigenvalue weighted by Gasteiger charge is -2.28. The highest BCUT2D eigenvalue weighted by molar-refractivity contribution is 5.97. The van der Waals surface area contributed by atoms with Crippen LogP contribution in [0.4, 0.5) is 0 Å². The van der Waals surface area contributed by atoms with Gasteiger partial charge in [0.25, 0.3) is 0 Å². The summed E-state index contributed by atoms with van der Waals surface area (Å²) in [5.41, 5.74) is 4.77. The van der Waals surface area contributed by atoms with Gasteiger partial charge in [0.15, 0.2) is 5.75 Å². The van der Waals surface area contributed by atoms with Gasteiger partial charge in [-0.2, -0.15) is 0 Å². The van der Waals surface area contributed by atoms with Crippen molar-refractivity contribution in [1.29, 1.82) is 0 Å². The van der Waals surface area contributed by atoms with E-state index in [1.807, 2.05) is 19.1 Å². The first-order chi connectivity index (χ1) is 11.5. The number of nitrogens with one attached hydrogen (secondary N) is 1. The molecule has 3 aromatic rings. The van der Waals surface area contributed by atoms with Crippen molar-refractivity contribution in [3.05, 3.63) is 58.4 Å². The van der Waals surface area contributed by atoms with E-state index < -0.39 is 5.97 Å². The van der Waals surface area contributed by atoms with Crippen LogP contribution in [0.3, 0.4) is 0 Å². The molecule has 24 heavy (non-hydrogen) atoms. The summed E-state index contributed by atoms with van der Waals surface area (Å²) < 4.78 is 6.27. The molecule has 0 amide bonds. The maximum Gasteiger partial charge on any atom is 0.336 e. The van der Waals surface area contributed by atoms with E-state index in [4.69, 9.17) is 4.74 Å². The summed E-state index contributed by atoms with van der Waals surface area (Å²) in [5.74, 6) is 0.420. The molecule has 2 aromatic carbocycles.